The van der Waals surface area contributed by atoms with E-state index in [4.69, 9.17) is 9.47 Å². The van der Waals surface area contributed by atoms with Crippen molar-refractivity contribution < 1.29 is 22.7 Å². The third-order valence-electron chi connectivity index (χ3n) is 4.23. The molecule has 0 saturated carbocycles. The Bertz CT molecular complexity index is 1090. The van der Waals surface area contributed by atoms with E-state index in [0.717, 1.165) is 15.1 Å². The molecule has 0 unspecified atom stereocenters. The van der Waals surface area contributed by atoms with Crippen LogP contribution in [0.5, 0.6) is 5.75 Å². The van der Waals surface area contributed by atoms with Crippen molar-refractivity contribution in [2.75, 3.05) is 24.6 Å². The molecule has 0 amide bonds. The van der Waals surface area contributed by atoms with Gasteiger partial charge in [0.25, 0.3) is 10.0 Å². The molecule has 0 aliphatic heterocycles. The maximum absolute atomic E-state index is 13.4. The lowest BCUT2D eigenvalue weighted by Gasteiger charge is -2.24. The van der Waals surface area contributed by atoms with Gasteiger partial charge in [0.05, 0.1) is 24.3 Å². The lowest BCUT2D eigenvalue weighted by Crippen LogP contribution is -2.36. The Hall–Kier alpha value is -3.06. The molecule has 0 bridgehead atoms. The summed E-state index contributed by atoms with van der Waals surface area (Å²) in [5.41, 5.74) is 0.324. The van der Waals surface area contributed by atoms with Crippen molar-refractivity contribution in [1.29, 1.82) is 0 Å². The van der Waals surface area contributed by atoms with Gasteiger partial charge in [0.15, 0.2) is 0 Å². The van der Waals surface area contributed by atoms with Gasteiger partial charge >= 0.3 is 5.97 Å². The molecule has 7 heteroatoms. The molecule has 0 N–H and O–H groups in total. The Morgan fingerprint density at radius 1 is 0.964 bits per heavy atom. The van der Waals surface area contributed by atoms with Crippen molar-refractivity contribution in [2.24, 2.45) is 0 Å². The summed E-state index contributed by atoms with van der Waals surface area (Å²) in [4.78, 5) is 12.0. The predicted molar refractivity (Wildman–Crippen MR) is 108 cm³/mol. The van der Waals surface area contributed by atoms with Crippen LogP contribution in [0, 0.1) is 0 Å². The second kappa shape index (κ2) is 8.31. The fourth-order valence-electron chi connectivity index (χ4n) is 2.85. The molecule has 0 saturated heterocycles. The van der Waals surface area contributed by atoms with Gasteiger partial charge in [-0.3, -0.25) is 9.10 Å². The van der Waals surface area contributed by atoms with Crippen molar-refractivity contribution >= 4 is 32.5 Å². The molecule has 3 aromatic rings. The molecular formula is C21H21NO5S. The lowest BCUT2D eigenvalue weighted by atomic mass is 10.1. The number of sulfonamides is 1. The summed E-state index contributed by atoms with van der Waals surface area (Å²) >= 11 is 0. The van der Waals surface area contributed by atoms with Gasteiger partial charge in [0, 0.05) is 6.07 Å². The van der Waals surface area contributed by atoms with Crippen molar-refractivity contribution in [3.8, 4) is 5.75 Å². The van der Waals surface area contributed by atoms with Gasteiger partial charge in [-0.1, -0.05) is 36.4 Å². The number of carbonyl (C=O) groups excluding carboxylic acids is 1. The van der Waals surface area contributed by atoms with Crippen LogP contribution in [0.25, 0.3) is 10.8 Å². The molecule has 28 heavy (non-hydrogen) atoms. The first-order chi connectivity index (χ1) is 13.5. The van der Waals surface area contributed by atoms with Crippen molar-refractivity contribution in [3.05, 3.63) is 66.7 Å². The van der Waals surface area contributed by atoms with Crippen LogP contribution in [0.15, 0.2) is 71.6 Å². The second-order valence-corrected chi connectivity index (χ2v) is 7.89. The van der Waals surface area contributed by atoms with Gasteiger partial charge in [0.2, 0.25) is 0 Å². The van der Waals surface area contributed by atoms with E-state index in [2.05, 4.69) is 0 Å². The van der Waals surface area contributed by atoms with Crippen LogP contribution in [-0.4, -0.2) is 34.6 Å². The van der Waals surface area contributed by atoms with E-state index in [9.17, 15) is 13.2 Å². The molecule has 3 aromatic carbocycles. The van der Waals surface area contributed by atoms with Crippen LogP contribution in [0.4, 0.5) is 5.69 Å². The minimum Gasteiger partial charge on any atom is -0.494 e. The molecule has 0 spiro atoms. The number of benzene rings is 3. The molecule has 0 heterocycles. The zero-order valence-electron chi connectivity index (χ0n) is 15.7. The van der Waals surface area contributed by atoms with E-state index < -0.39 is 22.5 Å². The highest BCUT2D eigenvalue weighted by Gasteiger charge is 2.28. The Morgan fingerprint density at radius 3 is 2.43 bits per heavy atom. The maximum Gasteiger partial charge on any atom is 0.326 e. The first-order valence-corrected chi connectivity index (χ1v) is 10.2. The average molecular weight is 399 g/mol. The van der Waals surface area contributed by atoms with Crippen LogP contribution < -0.4 is 9.04 Å². The molecule has 0 aromatic heterocycles. The maximum atomic E-state index is 13.4. The first-order valence-electron chi connectivity index (χ1n) is 8.77. The number of hydrogen-bond donors (Lipinski definition) is 0. The monoisotopic (exact) mass is 399 g/mol. The normalized spacial score (nSPS) is 11.2. The van der Waals surface area contributed by atoms with Crippen molar-refractivity contribution in [3.63, 3.8) is 0 Å². The highest BCUT2D eigenvalue weighted by Crippen LogP contribution is 2.28. The number of ether oxygens (including phenoxy) is 2. The van der Waals surface area contributed by atoms with Gasteiger partial charge in [-0.15, -0.1) is 0 Å². The number of nitrogens with zero attached hydrogens (tertiary/aromatic N) is 1. The van der Waals surface area contributed by atoms with Crippen molar-refractivity contribution in [2.45, 2.75) is 11.8 Å². The predicted octanol–water partition coefficient (Wildman–Crippen LogP) is 3.61. The zero-order valence-corrected chi connectivity index (χ0v) is 16.5. The lowest BCUT2D eigenvalue weighted by molar-refractivity contribution is -0.138. The highest BCUT2D eigenvalue weighted by molar-refractivity contribution is 7.92. The SMILES string of the molecule is CCOc1cccc(N(CC(=O)OC)S(=O)(=O)c2ccc3ccccc3c2)c1. The van der Waals surface area contributed by atoms with Gasteiger partial charge in [-0.25, -0.2) is 8.42 Å². The van der Waals surface area contributed by atoms with Crippen molar-refractivity contribution in [1.82, 2.24) is 0 Å². The number of carbonyl (C=O) groups is 1. The van der Waals surface area contributed by atoms with E-state index in [-0.39, 0.29) is 4.90 Å². The number of hydrogen-bond acceptors (Lipinski definition) is 5. The summed E-state index contributed by atoms with van der Waals surface area (Å²) in [5.74, 6) is -0.144. The largest absolute Gasteiger partial charge is 0.494 e. The van der Waals surface area contributed by atoms with Crippen LogP contribution in [-0.2, 0) is 19.6 Å². The van der Waals surface area contributed by atoms with E-state index in [0.29, 0.717) is 18.0 Å². The van der Waals surface area contributed by atoms with Gasteiger partial charge in [-0.2, -0.15) is 0 Å². The fourth-order valence-corrected chi connectivity index (χ4v) is 4.28. The first kappa shape index (κ1) is 19.7. The molecular weight excluding hydrogens is 378 g/mol. The van der Waals surface area contributed by atoms with Crippen LogP contribution in [0.3, 0.4) is 0 Å². The topological polar surface area (TPSA) is 72.9 Å². The van der Waals surface area contributed by atoms with E-state index in [1.807, 2.05) is 31.2 Å². The minimum atomic E-state index is -4.01. The summed E-state index contributed by atoms with van der Waals surface area (Å²) in [6.45, 7) is 1.84. The Balaban J connectivity index is 2.09. The Morgan fingerprint density at radius 2 is 1.71 bits per heavy atom. The molecule has 0 atom stereocenters. The molecule has 0 aliphatic carbocycles. The summed E-state index contributed by atoms with van der Waals surface area (Å²) in [6, 6.07) is 19.0. The fraction of sp³-hybridized carbons (Fsp3) is 0.190. The van der Waals surface area contributed by atoms with Gasteiger partial charge in [0.1, 0.15) is 12.3 Å². The summed E-state index contributed by atoms with van der Waals surface area (Å²) in [7, 11) is -2.78. The van der Waals surface area contributed by atoms with Crippen LogP contribution in [0.1, 0.15) is 6.92 Å². The highest BCUT2D eigenvalue weighted by atomic mass is 32.2. The second-order valence-electron chi connectivity index (χ2n) is 6.03. The molecule has 0 aliphatic rings. The molecule has 146 valence electrons. The van der Waals surface area contributed by atoms with E-state index >= 15 is 0 Å². The summed E-state index contributed by atoms with van der Waals surface area (Å²) in [5, 5.41) is 1.73. The number of fused-ring (bicyclic) bond motifs is 1. The Labute approximate surface area is 164 Å². The quantitative estimate of drug-likeness (QED) is 0.568. The van der Waals surface area contributed by atoms with Crippen LogP contribution >= 0.6 is 0 Å². The standard InChI is InChI=1S/C21H21NO5S/c1-3-27-19-10-6-9-18(14-19)22(15-21(23)26-2)28(24,25)20-12-11-16-7-4-5-8-17(16)13-20/h4-14H,3,15H2,1-2H3. The van der Waals surface area contributed by atoms with Gasteiger partial charge in [-0.05, 0) is 42.0 Å². The molecule has 3 rings (SSSR count). The smallest absolute Gasteiger partial charge is 0.326 e. The number of methoxy groups -OCH3 is 1. The third-order valence-corrected chi connectivity index (χ3v) is 6.00. The van der Waals surface area contributed by atoms with E-state index in [1.54, 1.807) is 36.4 Å². The third kappa shape index (κ3) is 4.09. The average Bonchev–Trinajstić information content (AvgIpc) is 2.71. The molecule has 6 nitrogen and oxygen atoms in total. The van der Waals surface area contributed by atoms with E-state index in [1.165, 1.54) is 13.2 Å². The number of esters is 1. The zero-order chi connectivity index (χ0) is 20.1. The molecule has 0 fully saturated rings. The Kier molecular flexibility index (Phi) is 5.84. The minimum absolute atomic E-state index is 0.0944. The number of rotatable bonds is 7. The van der Waals surface area contributed by atoms with Crippen LogP contribution in [0.2, 0.25) is 0 Å². The summed E-state index contributed by atoms with van der Waals surface area (Å²) < 4.78 is 38.0. The summed E-state index contributed by atoms with van der Waals surface area (Å²) in [6.07, 6.45) is 0. The molecule has 0 radical (unpaired) electrons. The number of anilines is 1. The van der Waals surface area contributed by atoms with Gasteiger partial charge < -0.3 is 9.47 Å².